The lowest BCUT2D eigenvalue weighted by Gasteiger charge is -2.03. The molecule has 0 spiro atoms. The summed E-state index contributed by atoms with van der Waals surface area (Å²) in [5.41, 5.74) is 4.99. The first-order chi connectivity index (χ1) is 3.63. The van der Waals surface area contributed by atoms with E-state index in [1.807, 2.05) is 19.0 Å². The predicted octanol–water partition coefficient (Wildman–Crippen LogP) is -0.114. The molecule has 0 saturated carbocycles. The lowest BCUT2D eigenvalue weighted by Crippen LogP contribution is -2.16. The van der Waals surface area contributed by atoms with Crippen molar-refractivity contribution < 1.29 is 4.21 Å². The van der Waals surface area contributed by atoms with Crippen LogP contribution in [0, 0.1) is 5.69 Å². The Kier molecular flexibility index (Phi) is 3.61. The van der Waals surface area contributed by atoms with Gasteiger partial charge in [-0.15, -0.1) is 0 Å². The molecule has 0 saturated heterocycles. The van der Waals surface area contributed by atoms with E-state index >= 15 is 0 Å². The zero-order valence-corrected chi connectivity index (χ0v) is 6.07. The molecular weight excluding hydrogens is 122 g/mol. The molecule has 3 heteroatoms. The van der Waals surface area contributed by atoms with Crippen LogP contribution in [0.15, 0.2) is 0 Å². The zero-order chi connectivity index (χ0) is 6.57. The van der Waals surface area contributed by atoms with Crippen LogP contribution < -0.4 is 0 Å². The van der Waals surface area contributed by atoms with Gasteiger partial charge < -0.3 is 4.90 Å². The fourth-order valence-electron chi connectivity index (χ4n) is 0.273. The molecule has 0 rings (SSSR count). The fraction of sp³-hybridized carbons (Fsp3) is 0.800. The van der Waals surface area contributed by atoms with E-state index in [4.69, 9.17) is 5.69 Å². The smallest absolute Gasteiger partial charge is 0.0570 e. The van der Waals surface area contributed by atoms with Crippen molar-refractivity contribution in [3.63, 3.8) is 0 Å². The maximum atomic E-state index is 10.2. The molecule has 0 heterocycles. The highest BCUT2D eigenvalue weighted by Crippen LogP contribution is 1.71. The molecule has 0 aromatic carbocycles. The van der Waals surface area contributed by atoms with E-state index in [2.05, 4.69) is 0 Å². The molecule has 48 valence electrons. The highest BCUT2D eigenvalue weighted by Gasteiger charge is 1.85. The molecule has 0 atom stereocenters. The Morgan fingerprint density at radius 2 is 2.12 bits per heavy atom. The van der Waals surface area contributed by atoms with Gasteiger partial charge in [-0.2, -0.15) is 0 Å². The molecule has 0 radical (unpaired) electrons. The first-order valence-corrected chi connectivity index (χ1v) is 3.78. The van der Waals surface area contributed by atoms with Gasteiger partial charge in [-0.25, -0.2) is 4.21 Å². The van der Waals surface area contributed by atoms with Crippen LogP contribution in [0.3, 0.4) is 0 Å². The van der Waals surface area contributed by atoms with Gasteiger partial charge in [0.1, 0.15) is 0 Å². The molecule has 0 aliphatic rings. The van der Waals surface area contributed by atoms with E-state index in [1.54, 1.807) is 0 Å². The maximum Gasteiger partial charge on any atom is 0.0570 e. The van der Waals surface area contributed by atoms with Crippen LogP contribution in [-0.4, -0.2) is 35.5 Å². The minimum Gasteiger partial charge on any atom is -0.308 e. The van der Waals surface area contributed by atoms with E-state index < -0.39 is 10.2 Å². The SMILES string of the molecule is C#S(=O)CCN(C)C. The first kappa shape index (κ1) is 7.76. The topological polar surface area (TPSA) is 20.3 Å². The molecule has 0 aliphatic carbocycles. The van der Waals surface area contributed by atoms with Crippen LogP contribution in [0.5, 0.6) is 0 Å². The van der Waals surface area contributed by atoms with Gasteiger partial charge in [0.05, 0.1) is 5.75 Å². The molecule has 0 unspecified atom stereocenters. The van der Waals surface area contributed by atoms with E-state index in [-0.39, 0.29) is 0 Å². The number of rotatable bonds is 2. The van der Waals surface area contributed by atoms with Crippen molar-refractivity contribution in [1.29, 1.82) is 0 Å². The second kappa shape index (κ2) is 3.72. The highest BCUT2D eigenvalue weighted by molar-refractivity contribution is 7.73. The Balaban J connectivity index is 3.23. The van der Waals surface area contributed by atoms with Gasteiger partial charge in [0.2, 0.25) is 0 Å². The van der Waals surface area contributed by atoms with Crippen molar-refractivity contribution in [2.24, 2.45) is 0 Å². The fourth-order valence-corrected chi connectivity index (χ4v) is 0.818. The summed E-state index contributed by atoms with van der Waals surface area (Å²) in [6.07, 6.45) is 0. The van der Waals surface area contributed by atoms with E-state index in [0.717, 1.165) is 6.54 Å². The minimum atomic E-state index is -1.13. The lowest BCUT2D eigenvalue weighted by molar-refractivity contribution is 0.436. The summed E-state index contributed by atoms with van der Waals surface area (Å²) in [6, 6.07) is 0. The molecule has 0 amide bonds. The van der Waals surface area contributed by atoms with Crippen LogP contribution in [0.25, 0.3) is 0 Å². The molecule has 0 bridgehead atoms. The van der Waals surface area contributed by atoms with E-state index in [1.165, 1.54) is 0 Å². The summed E-state index contributed by atoms with van der Waals surface area (Å²) in [5.74, 6) is 0.562. The van der Waals surface area contributed by atoms with Crippen molar-refractivity contribution in [1.82, 2.24) is 4.90 Å². The van der Waals surface area contributed by atoms with E-state index in [9.17, 15) is 4.21 Å². The maximum absolute atomic E-state index is 10.2. The summed E-state index contributed by atoms with van der Waals surface area (Å²) >= 11 is 0. The van der Waals surface area contributed by atoms with Crippen LogP contribution in [0.1, 0.15) is 0 Å². The quantitative estimate of drug-likeness (QED) is 0.523. The van der Waals surface area contributed by atoms with Gasteiger partial charge >= 0.3 is 0 Å². The van der Waals surface area contributed by atoms with Crippen molar-refractivity contribution in [3.05, 3.63) is 0 Å². The summed E-state index contributed by atoms with van der Waals surface area (Å²) in [7, 11) is 2.72. The average molecular weight is 133 g/mol. The molecule has 0 fully saturated rings. The van der Waals surface area contributed by atoms with Gasteiger partial charge in [-0.05, 0) is 14.1 Å². The van der Waals surface area contributed by atoms with Gasteiger partial charge in [0.25, 0.3) is 0 Å². The normalized spacial score (nSPS) is 9.75. The predicted molar refractivity (Wildman–Crippen MR) is 36.5 cm³/mol. The van der Waals surface area contributed by atoms with Gasteiger partial charge in [0.15, 0.2) is 0 Å². The van der Waals surface area contributed by atoms with Crippen LogP contribution >= 0.6 is 0 Å². The number of hydrogen-bond donors (Lipinski definition) is 0. The molecule has 0 N–H and O–H groups in total. The van der Waals surface area contributed by atoms with Crippen LogP contribution in [0.4, 0.5) is 0 Å². The molecule has 2 nitrogen and oxygen atoms in total. The second-order valence-corrected chi connectivity index (χ2v) is 3.06. The number of nitrogens with zero attached hydrogens (tertiary/aromatic N) is 1. The standard InChI is InChI=1S/C5H11NOS/c1-6(2)4-5-8(3)7/h3H,4-5H2,1-2H3. The summed E-state index contributed by atoms with van der Waals surface area (Å²) in [6.45, 7) is 0.795. The summed E-state index contributed by atoms with van der Waals surface area (Å²) in [5, 5.41) is 0. The summed E-state index contributed by atoms with van der Waals surface area (Å²) in [4.78, 5) is 1.95. The monoisotopic (exact) mass is 133 g/mol. The van der Waals surface area contributed by atoms with Crippen LogP contribution in [0.2, 0.25) is 0 Å². The molecule has 0 aromatic heterocycles. The Bertz CT molecular complexity index is 156. The second-order valence-electron chi connectivity index (χ2n) is 1.89. The Labute approximate surface area is 52.2 Å². The lowest BCUT2D eigenvalue weighted by atomic mass is 10.7. The van der Waals surface area contributed by atoms with Crippen molar-refractivity contribution in [2.45, 2.75) is 0 Å². The minimum absolute atomic E-state index is 0.562. The molecule has 0 aromatic rings. The van der Waals surface area contributed by atoms with Crippen molar-refractivity contribution in [2.75, 3.05) is 26.4 Å². The molecule has 8 heavy (non-hydrogen) atoms. The molecule has 0 aliphatic heterocycles. The largest absolute Gasteiger partial charge is 0.308 e. The average Bonchev–Trinajstić information content (AvgIpc) is 1.61. The zero-order valence-electron chi connectivity index (χ0n) is 5.26. The van der Waals surface area contributed by atoms with E-state index in [0.29, 0.717) is 5.75 Å². The molecular formula is C5H11NOS. The first-order valence-electron chi connectivity index (χ1n) is 2.40. The summed E-state index contributed by atoms with van der Waals surface area (Å²) < 4.78 is 10.2. The van der Waals surface area contributed by atoms with Gasteiger partial charge in [0, 0.05) is 16.8 Å². The van der Waals surface area contributed by atoms with Gasteiger partial charge in [-0.3, -0.25) is 0 Å². The van der Waals surface area contributed by atoms with Crippen molar-refractivity contribution in [3.8, 4) is 5.69 Å². The van der Waals surface area contributed by atoms with Gasteiger partial charge in [-0.1, -0.05) is 5.69 Å². The Morgan fingerprint density at radius 3 is 2.25 bits per heavy atom. The highest BCUT2D eigenvalue weighted by atomic mass is 32.2. The Morgan fingerprint density at radius 1 is 1.62 bits per heavy atom. The van der Waals surface area contributed by atoms with Crippen molar-refractivity contribution >= 4 is 10.2 Å². The third-order valence-corrected chi connectivity index (χ3v) is 1.32. The third-order valence-electron chi connectivity index (χ3n) is 0.740. The third kappa shape index (κ3) is 5.76. The Hall–Kier alpha value is -0.240. The van der Waals surface area contributed by atoms with Crippen LogP contribution in [-0.2, 0) is 10.2 Å². The number of hydrogen-bond acceptors (Lipinski definition) is 2.